The zero-order chi connectivity index (χ0) is 17.5. The Labute approximate surface area is 147 Å². The lowest BCUT2D eigenvalue weighted by molar-refractivity contribution is 0.0691. The molecule has 0 saturated heterocycles. The van der Waals surface area contributed by atoms with Crippen LogP contribution in [-0.2, 0) is 19.4 Å². The summed E-state index contributed by atoms with van der Waals surface area (Å²) < 4.78 is 5.80. The molecule has 0 fully saturated rings. The van der Waals surface area contributed by atoms with E-state index in [-0.39, 0.29) is 5.56 Å². The van der Waals surface area contributed by atoms with Crippen LogP contribution in [0.1, 0.15) is 27.0 Å². The lowest BCUT2D eigenvalue weighted by Gasteiger charge is -2.11. The quantitative estimate of drug-likeness (QED) is 0.679. The lowest BCUT2D eigenvalue weighted by Crippen LogP contribution is -2.04. The molecule has 0 aliphatic rings. The van der Waals surface area contributed by atoms with Gasteiger partial charge in [-0.05, 0) is 41.7 Å². The number of hydrogen-bond donors (Lipinski definition) is 1. The number of aryl methyl sites for hydroxylation is 2. The maximum absolute atomic E-state index is 11.4. The first kappa shape index (κ1) is 16.8. The van der Waals surface area contributed by atoms with Gasteiger partial charge in [-0.25, -0.2) is 4.79 Å². The van der Waals surface area contributed by atoms with Gasteiger partial charge in [-0.3, -0.25) is 0 Å². The Morgan fingerprint density at radius 3 is 2.00 bits per heavy atom. The molecule has 0 radical (unpaired) electrons. The van der Waals surface area contributed by atoms with Gasteiger partial charge in [0.15, 0.2) is 0 Å². The third-order valence-electron chi connectivity index (χ3n) is 4.06. The molecule has 0 bridgehead atoms. The van der Waals surface area contributed by atoms with E-state index < -0.39 is 5.97 Å². The van der Waals surface area contributed by atoms with Crippen LogP contribution < -0.4 is 4.74 Å². The van der Waals surface area contributed by atoms with Crippen molar-refractivity contribution < 1.29 is 14.6 Å². The van der Waals surface area contributed by atoms with Gasteiger partial charge in [0.05, 0.1) is 0 Å². The van der Waals surface area contributed by atoms with Crippen molar-refractivity contribution >= 4 is 5.97 Å². The van der Waals surface area contributed by atoms with Crippen molar-refractivity contribution in [3.05, 3.63) is 101 Å². The van der Waals surface area contributed by atoms with Gasteiger partial charge in [0.2, 0.25) is 0 Å². The van der Waals surface area contributed by atoms with Crippen molar-refractivity contribution in [1.82, 2.24) is 0 Å². The second kappa shape index (κ2) is 8.15. The molecule has 3 nitrogen and oxygen atoms in total. The summed E-state index contributed by atoms with van der Waals surface area (Å²) >= 11 is 0. The van der Waals surface area contributed by atoms with E-state index in [0.29, 0.717) is 12.4 Å². The summed E-state index contributed by atoms with van der Waals surface area (Å²) in [5.74, 6) is -0.556. The van der Waals surface area contributed by atoms with E-state index in [9.17, 15) is 9.90 Å². The minimum atomic E-state index is -0.974. The molecule has 0 heterocycles. The van der Waals surface area contributed by atoms with Crippen molar-refractivity contribution in [3.8, 4) is 5.75 Å². The summed E-state index contributed by atoms with van der Waals surface area (Å²) in [5.41, 5.74) is 3.53. The smallest absolute Gasteiger partial charge is 0.339 e. The zero-order valence-electron chi connectivity index (χ0n) is 13.9. The number of hydrogen-bond acceptors (Lipinski definition) is 2. The van der Waals surface area contributed by atoms with Gasteiger partial charge in [-0.1, -0.05) is 66.7 Å². The lowest BCUT2D eigenvalue weighted by atomic mass is 10.0. The highest BCUT2D eigenvalue weighted by Gasteiger charge is 2.12. The standard InChI is InChI=1S/C22H20O3/c23-22(24)20-14-13-18(12-11-17-7-3-1-4-8-17)15-21(20)25-16-19-9-5-2-6-10-19/h1-10,13-15H,11-12,16H2,(H,23,24). The molecule has 0 aliphatic carbocycles. The van der Waals surface area contributed by atoms with Gasteiger partial charge < -0.3 is 9.84 Å². The van der Waals surface area contributed by atoms with Crippen LogP contribution in [0.15, 0.2) is 78.9 Å². The molecule has 3 heteroatoms. The first-order valence-electron chi connectivity index (χ1n) is 8.29. The van der Waals surface area contributed by atoms with E-state index in [0.717, 1.165) is 24.0 Å². The first-order chi connectivity index (χ1) is 12.2. The number of ether oxygens (including phenoxy) is 1. The van der Waals surface area contributed by atoms with Gasteiger partial charge in [-0.15, -0.1) is 0 Å². The van der Waals surface area contributed by atoms with Crippen LogP contribution in [0.4, 0.5) is 0 Å². The predicted octanol–water partition coefficient (Wildman–Crippen LogP) is 4.75. The summed E-state index contributed by atoms with van der Waals surface area (Å²) in [5, 5.41) is 9.38. The molecule has 0 aliphatic heterocycles. The number of aromatic carboxylic acids is 1. The summed E-state index contributed by atoms with van der Waals surface area (Å²) in [4.78, 5) is 11.4. The molecule has 25 heavy (non-hydrogen) atoms. The largest absolute Gasteiger partial charge is 0.488 e. The summed E-state index contributed by atoms with van der Waals surface area (Å²) in [6.07, 6.45) is 1.75. The van der Waals surface area contributed by atoms with Crippen molar-refractivity contribution in [3.63, 3.8) is 0 Å². The Kier molecular flexibility index (Phi) is 5.47. The van der Waals surface area contributed by atoms with Crippen LogP contribution in [-0.4, -0.2) is 11.1 Å². The van der Waals surface area contributed by atoms with Crippen molar-refractivity contribution in [1.29, 1.82) is 0 Å². The van der Waals surface area contributed by atoms with Crippen LogP contribution in [0.3, 0.4) is 0 Å². The zero-order valence-corrected chi connectivity index (χ0v) is 13.9. The SMILES string of the molecule is O=C(O)c1ccc(CCc2ccccc2)cc1OCc1ccccc1. The average Bonchev–Trinajstić information content (AvgIpc) is 2.66. The van der Waals surface area contributed by atoms with Gasteiger partial charge in [0.1, 0.15) is 17.9 Å². The van der Waals surface area contributed by atoms with Crippen LogP contribution in [0.2, 0.25) is 0 Å². The number of carboxylic acids is 1. The molecule has 0 atom stereocenters. The molecule has 0 amide bonds. The molecule has 0 spiro atoms. The maximum atomic E-state index is 11.4. The molecular weight excluding hydrogens is 312 g/mol. The van der Waals surface area contributed by atoms with Crippen molar-refractivity contribution in [2.45, 2.75) is 19.4 Å². The fourth-order valence-electron chi connectivity index (χ4n) is 2.69. The molecule has 3 rings (SSSR count). The Bertz CT molecular complexity index is 826. The van der Waals surface area contributed by atoms with Crippen LogP contribution in [0.5, 0.6) is 5.75 Å². The third kappa shape index (κ3) is 4.70. The second-order valence-electron chi connectivity index (χ2n) is 5.90. The van der Waals surface area contributed by atoms with Gasteiger partial charge in [-0.2, -0.15) is 0 Å². The molecule has 0 saturated carbocycles. The summed E-state index contributed by atoms with van der Waals surface area (Å²) in [6.45, 7) is 0.350. The topological polar surface area (TPSA) is 46.5 Å². The van der Waals surface area contributed by atoms with E-state index in [4.69, 9.17) is 4.74 Å². The van der Waals surface area contributed by atoms with E-state index in [1.807, 2.05) is 60.7 Å². The molecule has 3 aromatic rings. The first-order valence-corrected chi connectivity index (χ1v) is 8.29. The number of carbonyl (C=O) groups is 1. The highest BCUT2D eigenvalue weighted by atomic mass is 16.5. The molecule has 0 unspecified atom stereocenters. The van der Waals surface area contributed by atoms with Gasteiger partial charge >= 0.3 is 5.97 Å². The van der Waals surface area contributed by atoms with E-state index in [1.165, 1.54) is 5.56 Å². The Morgan fingerprint density at radius 2 is 1.36 bits per heavy atom. The molecule has 126 valence electrons. The Balaban J connectivity index is 1.73. The normalized spacial score (nSPS) is 10.4. The Morgan fingerprint density at radius 1 is 0.760 bits per heavy atom. The molecule has 3 aromatic carbocycles. The van der Waals surface area contributed by atoms with Crippen molar-refractivity contribution in [2.75, 3.05) is 0 Å². The van der Waals surface area contributed by atoms with Crippen LogP contribution >= 0.6 is 0 Å². The number of rotatable bonds is 7. The summed E-state index contributed by atoms with van der Waals surface area (Å²) in [6, 6.07) is 25.3. The fraction of sp³-hybridized carbons (Fsp3) is 0.136. The Hall–Kier alpha value is -3.07. The minimum absolute atomic E-state index is 0.194. The van der Waals surface area contributed by atoms with E-state index in [2.05, 4.69) is 12.1 Å². The number of benzene rings is 3. The fourth-order valence-corrected chi connectivity index (χ4v) is 2.69. The van der Waals surface area contributed by atoms with Crippen LogP contribution in [0.25, 0.3) is 0 Å². The second-order valence-corrected chi connectivity index (χ2v) is 5.90. The van der Waals surface area contributed by atoms with Crippen molar-refractivity contribution in [2.24, 2.45) is 0 Å². The highest BCUT2D eigenvalue weighted by molar-refractivity contribution is 5.91. The van der Waals surface area contributed by atoms with E-state index in [1.54, 1.807) is 6.07 Å². The molecular formula is C22H20O3. The van der Waals surface area contributed by atoms with Crippen LogP contribution in [0, 0.1) is 0 Å². The number of carboxylic acid groups (broad SMARTS) is 1. The maximum Gasteiger partial charge on any atom is 0.339 e. The third-order valence-corrected chi connectivity index (χ3v) is 4.06. The van der Waals surface area contributed by atoms with Gasteiger partial charge in [0.25, 0.3) is 0 Å². The van der Waals surface area contributed by atoms with E-state index >= 15 is 0 Å². The monoisotopic (exact) mass is 332 g/mol. The highest BCUT2D eigenvalue weighted by Crippen LogP contribution is 2.23. The summed E-state index contributed by atoms with van der Waals surface area (Å²) in [7, 11) is 0. The minimum Gasteiger partial charge on any atom is -0.488 e. The predicted molar refractivity (Wildman–Crippen MR) is 98.0 cm³/mol. The average molecular weight is 332 g/mol. The van der Waals surface area contributed by atoms with Gasteiger partial charge in [0, 0.05) is 0 Å². The molecule has 1 N–H and O–H groups in total. The molecule has 0 aromatic heterocycles.